The zero-order valence-electron chi connectivity index (χ0n) is 5.69. The Bertz CT molecular complexity index is 185. The lowest BCUT2D eigenvalue weighted by Gasteiger charge is -2.20. The van der Waals surface area contributed by atoms with Gasteiger partial charge >= 0.3 is 0 Å². The molecule has 3 nitrogen and oxygen atoms in total. The van der Waals surface area contributed by atoms with Gasteiger partial charge in [0.15, 0.2) is 0 Å². The molecule has 0 spiro atoms. The molecule has 4 heteroatoms. The van der Waals surface area contributed by atoms with E-state index in [4.69, 9.17) is 5.84 Å². The van der Waals surface area contributed by atoms with E-state index in [1.165, 1.54) is 0 Å². The summed E-state index contributed by atoms with van der Waals surface area (Å²) in [7, 11) is 0. The van der Waals surface area contributed by atoms with Crippen molar-refractivity contribution in [2.45, 2.75) is 13.1 Å². The zero-order valence-corrected chi connectivity index (χ0v) is 7.27. The Morgan fingerprint density at radius 3 is 3.00 bits per heavy atom. The van der Waals surface area contributed by atoms with Crippen LogP contribution in [-0.4, -0.2) is 6.17 Å². The molecule has 4 N–H and O–H groups in total. The van der Waals surface area contributed by atoms with E-state index >= 15 is 0 Å². The van der Waals surface area contributed by atoms with Gasteiger partial charge in [-0.2, -0.15) is 0 Å². The minimum absolute atomic E-state index is 0.0706. The molecule has 0 aromatic heterocycles. The van der Waals surface area contributed by atoms with Gasteiger partial charge in [-0.25, -0.2) is 5.43 Å². The number of rotatable bonds is 1. The highest BCUT2D eigenvalue weighted by Gasteiger charge is 2.09. The van der Waals surface area contributed by atoms with Crippen molar-refractivity contribution in [2.24, 2.45) is 5.84 Å². The molecule has 1 rings (SSSR count). The lowest BCUT2D eigenvalue weighted by atomic mass is 10.2. The van der Waals surface area contributed by atoms with Gasteiger partial charge in [0.25, 0.3) is 0 Å². The van der Waals surface area contributed by atoms with Crippen LogP contribution in [0.2, 0.25) is 0 Å². The van der Waals surface area contributed by atoms with Crippen LogP contribution < -0.4 is 16.6 Å². The largest absolute Gasteiger partial charge is 0.370 e. The molecule has 0 saturated carbocycles. The van der Waals surface area contributed by atoms with Crippen LogP contribution in [0, 0.1) is 0 Å². The maximum atomic E-state index is 5.24. The lowest BCUT2D eigenvalue weighted by molar-refractivity contribution is 0.540. The minimum Gasteiger partial charge on any atom is -0.370 e. The number of halogens is 1. The average Bonchev–Trinajstić information content (AvgIpc) is 1.88. The van der Waals surface area contributed by atoms with Crippen LogP contribution in [-0.2, 0) is 0 Å². The first-order valence-corrected chi connectivity index (χ1v) is 3.79. The normalized spacial score (nSPS) is 24.9. The third-order valence-corrected chi connectivity index (χ3v) is 1.83. The number of nitrogens with two attached hydrogens (primary N) is 1. The molecular formula is C6H10BrN3. The van der Waals surface area contributed by atoms with Crippen molar-refractivity contribution in [3.8, 4) is 0 Å². The molecule has 0 aromatic carbocycles. The van der Waals surface area contributed by atoms with Gasteiger partial charge in [-0.3, -0.25) is 5.84 Å². The fourth-order valence-electron chi connectivity index (χ4n) is 0.816. The van der Waals surface area contributed by atoms with Crippen LogP contribution in [0.25, 0.3) is 0 Å². The molecule has 0 radical (unpaired) electrons. The molecule has 1 heterocycles. The van der Waals surface area contributed by atoms with Gasteiger partial charge in [-0.1, -0.05) is 0 Å². The van der Waals surface area contributed by atoms with Gasteiger partial charge < -0.3 is 5.32 Å². The second kappa shape index (κ2) is 3.18. The molecule has 0 aliphatic carbocycles. The van der Waals surface area contributed by atoms with Gasteiger partial charge in [-0.05, 0) is 34.5 Å². The van der Waals surface area contributed by atoms with E-state index in [0.29, 0.717) is 0 Å². The highest BCUT2D eigenvalue weighted by atomic mass is 79.9. The topological polar surface area (TPSA) is 50.1 Å². The van der Waals surface area contributed by atoms with Gasteiger partial charge in [-0.15, -0.1) is 0 Å². The molecule has 0 amide bonds. The van der Waals surface area contributed by atoms with E-state index in [0.717, 1.165) is 10.1 Å². The first kappa shape index (κ1) is 7.78. The summed E-state index contributed by atoms with van der Waals surface area (Å²) in [5.41, 5.74) is 3.79. The van der Waals surface area contributed by atoms with Crippen LogP contribution in [0.3, 0.4) is 0 Å². The second-order valence-electron chi connectivity index (χ2n) is 2.18. The quantitative estimate of drug-likeness (QED) is 0.432. The molecule has 10 heavy (non-hydrogen) atoms. The standard InChI is InChI=1S/C6H10BrN3/c1-4-2-5(7)3-9-6(4)10-8/h2-3,6,9-10H,8H2,1H3. The van der Waals surface area contributed by atoms with Crippen molar-refractivity contribution < 1.29 is 0 Å². The van der Waals surface area contributed by atoms with Crippen molar-refractivity contribution in [1.82, 2.24) is 10.7 Å². The predicted octanol–water partition coefficient (Wildman–Crippen LogP) is 0.562. The summed E-state index contributed by atoms with van der Waals surface area (Å²) < 4.78 is 1.04. The van der Waals surface area contributed by atoms with E-state index in [9.17, 15) is 0 Å². The maximum Gasteiger partial charge on any atom is 0.111 e. The summed E-state index contributed by atoms with van der Waals surface area (Å²) in [6, 6.07) is 0. The molecule has 1 aliphatic rings. The first-order chi connectivity index (χ1) is 4.74. The number of hydrazine groups is 1. The van der Waals surface area contributed by atoms with E-state index in [1.807, 2.05) is 19.2 Å². The minimum atomic E-state index is 0.0706. The highest BCUT2D eigenvalue weighted by Crippen LogP contribution is 2.14. The molecule has 0 aromatic rings. The van der Waals surface area contributed by atoms with Crippen molar-refractivity contribution >= 4 is 15.9 Å². The van der Waals surface area contributed by atoms with Crippen LogP contribution >= 0.6 is 15.9 Å². The van der Waals surface area contributed by atoms with Gasteiger partial charge in [0.05, 0.1) is 0 Å². The van der Waals surface area contributed by atoms with Crippen molar-refractivity contribution in [3.63, 3.8) is 0 Å². The summed E-state index contributed by atoms with van der Waals surface area (Å²) in [5.74, 6) is 5.24. The van der Waals surface area contributed by atoms with Crippen LogP contribution in [0.4, 0.5) is 0 Å². The maximum absolute atomic E-state index is 5.24. The predicted molar refractivity (Wildman–Crippen MR) is 45.0 cm³/mol. The molecule has 0 saturated heterocycles. The molecule has 0 fully saturated rings. The van der Waals surface area contributed by atoms with Gasteiger partial charge in [0.1, 0.15) is 6.17 Å². The number of nitrogens with one attached hydrogen (secondary N) is 2. The number of hydrogen-bond acceptors (Lipinski definition) is 3. The van der Waals surface area contributed by atoms with E-state index in [2.05, 4.69) is 26.7 Å². The Morgan fingerprint density at radius 1 is 1.80 bits per heavy atom. The number of dihydropyridines is 1. The average molecular weight is 204 g/mol. The summed E-state index contributed by atoms with van der Waals surface area (Å²) in [6.45, 7) is 2.01. The molecule has 1 atom stereocenters. The monoisotopic (exact) mass is 203 g/mol. The Labute approximate surface area is 68.5 Å². The molecular weight excluding hydrogens is 194 g/mol. The summed E-state index contributed by atoms with van der Waals surface area (Å²) >= 11 is 3.34. The van der Waals surface area contributed by atoms with Crippen LogP contribution in [0.15, 0.2) is 22.3 Å². The fraction of sp³-hybridized carbons (Fsp3) is 0.333. The summed E-state index contributed by atoms with van der Waals surface area (Å²) in [5, 5.41) is 3.05. The second-order valence-corrected chi connectivity index (χ2v) is 3.10. The highest BCUT2D eigenvalue weighted by molar-refractivity contribution is 9.11. The van der Waals surface area contributed by atoms with Crippen molar-refractivity contribution in [2.75, 3.05) is 0 Å². The Hall–Kier alpha value is -0.320. The third kappa shape index (κ3) is 1.59. The SMILES string of the molecule is CC1=CC(Br)=CNC1NN. The lowest BCUT2D eigenvalue weighted by Crippen LogP contribution is -2.45. The number of hydrogen-bond donors (Lipinski definition) is 3. The first-order valence-electron chi connectivity index (χ1n) is 3.00. The Kier molecular flexibility index (Phi) is 2.48. The summed E-state index contributed by atoms with van der Waals surface area (Å²) in [4.78, 5) is 0. The van der Waals surface area contributed by atoms with Crippen molar-refractivity contribution in [3.05, 3.63) is 22.3 Å². The number of allylic oxidation sites excluding steroid dienone is 2. The smallest absolute Gasteiger partial charge is 0.111 e. The molecule has 1 unspecified atom stereocenters. The van der Waals surface area contributed by atoms with E-state index in [-0.39, 0.29) is 6.17 Å². The zero-order chi connectivity index (χ0) is 7.56. The van der Waals surface area contributed by atoms with Crippen LogP contribution in [0.1, 0.15) is 6.92 Å². The third-order valence-electron chi connectivity index (χ3n) is 1.38. The molecule has 0 bridgehead atoms. The Balaban J connectivity index is 2.68. The molecule has 56 valence electrons. The van der Waals surface area contributed by atoms with Gasteiger partial charge in [0, 0.05) is 10.7 Å². The van der Waals surface area contributed by atoms with E-state index < -0.39 is 0 Å². The van der Waals surface area contributed by atoms with Gasteiger partial charge in [0.2, 0.25) is 0 Å². The Morgan fingerprint density at radius 2 is 2.50 bits per heavy atom. The molecule has 1 aliphatic heterocycles. The van der Waals surface area contributed by atoms with Crippen LogP contribution in [0.5, 0.6) is 0 Å². The van der Waals surface area contributed by atoms with Crippen molar-refractivity contribution in [1.29, 1.82) is 0 Å². The fourth-order valence-corrected chi connectivity index (χ4v) is 1.31. The van der Waals surface area contributed by atoms with E-state index in [1.54, 1.807) is 0 Å². The summed E-state index contributed by atoms with van der Waals surface area (Å²) in [6.07, 6.45) is 3.94.